The summed E-state index contributed by atoms with van der Waals surface area (Å²) in [5.74, 6) is 0.383. The molecular formula is C23H43N7O3S+2. The largest absolute Gasteiger partial charge is 0.383 e. The van der Waals surface area contributed by atoms with Crippen LogP contribution in [0.15, 0.2) is 0 Å². The van der Waals surface area contributed by atoms with E-state index in [4.69, 9.17) is 17.0 Å². The van der Waals surface area contributed by atoms with Gasteiger partial charge in [0.25, 0.3) is 5.91 Å². The molecule has 0 aromatic heterocycles. The number of amides is 2. The van der Waals surface area contributed by atoms with E-state index in [0.29, 0.717) is 37.4 Å². The first-order chi connectivity index (χ1) is 16.5. The molecule has 4 aliphatic rings. The molecule has 0 radical (unpaired) electrons. The van der Waals surface area contributed by atoms with Gasteiger partial charge in [0.2, 0.25) is 5.91 Å². The number of thiocarbonyl (C=S) groups is 1. The Morgan fingerprint density at radius 1 is 1.29 bits per heavy atom. The molecule has 5 unspecified atom stereocenters. The number of carbonyl (C=O) groups excluding carboxylic acids is 2. The number of fused-ring (bicyclic) bond motifs is 1. The minimum atomic E-state index is -0.0663. The second kappa shape index (κ2) is 12.4. The Balaban J connectivity index is 1.21. The minimum Gasteiger partial charge on any atom is -0.383 e. The molecule has 192 valence electrons. The van der Waals surface area contributed by atoms with Gasteiger partial charge in [-0.1, -0.05) is 0 Å². The first kappa shape index (κ1) is 25.6. The van der Waals surface area contributed by atoms with Crippen LogP contribution in [-0.4, -0.2) is 117 Å². The minimum absolute atomic E-state index is 0.0663. The lowest BCUT2D eigenvalue weighted by atomic mass is 10.0. The smallest absolute Gasteiger partial charge is 0.278 e. The van der Waals surface area contributed by atoms with Crippen molar-refractivity contribution in [3.63, 3.8) is 0 Å². The predicted molar refractivity (Wildman–Crippen MR) is 132 cm³/mol. The zero-order chi connectivity index (χ0) is 23.9. The SMILES string of the molecule is COCCNC(=S)NC1CC2C(=O)NCC(CCC(=O)N3CCN(C4CCCC[NH2+]4)CC3)[NH+]2C1. The lowest BCUT2D eigenvalue weighted by molar-refractivity contribution is -0.930. The first-order valence-corrected chi connectivity index (χ1v) is 13.5. The van der Waals surface area contributed by atoms with E-state index >= 15 is 0 Å². The van der Waals surface area contributed by atoms with Crippen LogP contribution in [0, 0.1) is 0 Å². The highest BCUT2D eigenvalue weighted by molar-refractivity contribution is 7.80. The fourth-order valence-electron chi connectivity index (χ4n) is 6.07. The Bertz CT molecular complexity index is 713. The number of quaternary nitrogens is 2. The Hall–Kier alpha value is -1.53. The lowest BCUT2D eigenvalue weighted by Crippen LogP contribution is -3.21. The van der Waals surface area contributed by atoms with E-state index in [-0.39, 0.29) is 29.9 Å². The fraction of sp³-hybridized carbons (Fsp3) is 0.870. The fourth-order valence-corrected chi connectivity index (χ4v) is 6.34. The van der Waals surface area contributed by atoms with E-state index in [9.17, 15) is 9.59 Å². The predicted octanol–water partition coefficient (Wildman–Crippen LogP) is -3.38. The maximum atomic E-state index is 13.0. The van der Waals surface area contributed by atoms with Gasteiger partial charge in [0.1, 0.15) is 12.2 Å². The molecule has 10 nitrogen and oxygen atoms in total. The van der Waals surface area contributed by atoms with Gasteiger partial charge in [-0.15, -0.1) is 0 Å². The number of piperazine rings is 2. The molecule has 6 N–H and O–H groups in total. The molecule has 2 amide bonds. The van der Waals surface area contributed by atoms with Crippen molar-refractivity contribution in [2.45, 2.75) is 62.8 Å². The Morgan fingerprint density at radius 2 is 2.12 bits per heavy atom. The van der Waals surface area contributed by atoms with Crippen LogP contribution in [0.3, 0.4) is 0 Å². The van der Waals surface area contributed by atoms with Gasteiger partial charge in [-0.3, -0.25) is 14.5 Å². The summed E-state index contributed by atoms with van der Waals surface area (Å²) in [7, 11) is 1.66. The van der Waals surface area contributed by atoms with Crippen LogP contribution < -0.4 is 26.2 Å². The summed E-state index contributed by atoms with van der Waals surface area (Å²) in [4.78, 5) is 31.4. The number of nitrogens with two attached hydrogens (primary N) is 1. The van der Waals surface area contributed by atoms with E-state index in [1.54, 1.807) is 7.11 Å². The summed E-state index contributed by atoms with van der Waals surface area (Å²) in [6.45, 7) is 7.62. The highest BCUT2D eigenvalue weighted by Crippen LogP contribution is 2.13. The molecule has 4 aliphatic heterocycles. The molecule has 11 heteroatoms. The van der Waals surface area contributed by atoms with Crippen molar-refractivity contribution in [3.8, 4) is 0 Å². The monoisotopic (exact) mass is 497 g/mol. The standard InChI is InChI=1S/C23H41N7O3S/c1-33-13-8-25-23(34)27-17-14-19-22(32)26-15-18(30(19)16-17)5-6-21(31)29-11-9-28(10-12-29)20-4-2-3-7-24-20/h17-20,24H,2-16H2,1H3,(H,26,32)(H2,25,27,34)/p+2. The molecule has 0 aromatic rings. The molecule has 0 spiro atoms. The third kappa shape index (κ3) is 6.57. The zero-order valence-electron chi connectivity index (χ0n) is 20.5. The number of methoxy groups -OCH3 is 1. The topological polar surface area (TPSA) is 107 Å². The molecule has 5 atom stereocenters. The third-order valence-corrected chi connectivity index (χ3v) is 8.24. The highest BCUT2D eigenvalue weighted by Gasteiger charge is 2.47. The summed E-state index contributed by atoms with van der Waals surface area (Å²) < 4.78 is 5.05. The van der Waals surface area contributed by atoms with Gasteiger partial charge >= 0.3 is 0 Å². The average Bonchev–Trinajstić information content (AvgIpc) is 3.29. The highest BCUT2D eigenvalue weighted by atomic mass is 32.1. The number of piperidine rings is 1. The molecule has 4 fully saturated rings. The van der Waals surface area contributed by atoms with Crippen molar-refractivity contribution in [1.82, 2.24) is 25.8 Å². The van der Waals surface area contributed by atoms with Crippen LogP contribution in [0.2, 0.25) is 0 Å². The van der Waals surface area contributed by atoms with E-state index in [1.165, 1.54) is 30.7 Å². The van der Waals surface area contributed by atoms with Gasteiger partial charge in [0.15, 0.2) is 11.2 Å². The van der Waals surface area contributed by atoms with E-state index in [1.807, 2.05) is 4.90 Å². The van der Waals surface area contributed by atoms with Gasteiger partial charge < -0.3 is 35.8 Å². The Kier molecular flexibility index (Phi) is 9.35. The lowest BCUT2D eigenvalue weighted by Gasteiger charge is -2.39. The van der Waals surface area contributed by atoms with Crippen LogP contribution in [0.1, 0.15) is 38.5 Å². The molecule has 0 aliphatic carbocycles. The van der Waals surface area contributed by atoms with Crippen molar-refractivity contribution < 1.29 is 24.5 Å². The number of ether oxygens (including phenoxy) is 1. The normalized spacial score (nSPS) is 32.1. The molecule has 4 saturated heterocycles. The molecule has 0 saturated carbocycles. The van der Waals surface area contributed by atoms with Crippen LogP contribution in [0.25, 0.3) is 0 Å². The molecule has 34 heavy (non-hydrogen) atoms. The summed E-state index contributed by atoms with van der Waals surface area (Å²) in [5.41, 5.74) is 0. The molecule has 0 bridgehead atoms. The summed E-state index contributed by atoms with van der Waals surface area (Å²) in [6, 6.07) is 0.365. The molecule has 4 heterocycles. The zero-order valence-corrected chi connectivity index (χ0v) is 21.3. The number of nitrogens with one attached hydrogen (secondary N) is 4. The van der Waals surface area contributed by atoms with Gasteiger partial charge in [-0.2, -0.15) is 0 Å². The van der Waals surface area contributed by atoms with Crippen molar-refractivity contribution >= 4 is 29.1 Å². The maximum absolute atomic E-state index is 13.0. The summed E-state index contributed by atoms with van der Waals surface area (Å²) >= 11 is 5.39. The Morgan fingerprint density at radius 3 is 2.85 bits per heavy atom. The summed E-state index contributed by atoms with van der Waals surface area (Å²) in [5, 5.41) is 12.7. The molecular weight excluding hydrogens is 454 g/mol. The van der Waals surface area contributed by atoms with Gasteiger partial charge in [-0.05, 0) is 25.1 Å². The second-order valence-corrected chi connectivity index (χ2v) is 10.6. The van der Waals surface area contributed by atoms with Crippen molar-refractivity contribution in [3.05, 3.63) is 0 Å². The number of hydrogen-bond donors (Lipinski definition) is 5. The van der Waals surface area contributed by atoms with Crippen LogP contribution >= 0.6 is 12.2 Å². The van der Waals surface area contributed by atoms with E-state index in [2.05, 4.69) is 26.2 Å². The molecule has 4 rings (SSSR count). The van der Waals surface area contributed by atoms with Crippen molar-refractivity contribution in [1.29, 1.82) is 0 Å². The second-order valence-electron chi connectivity index (χ2n) is 10.1. The summed E-state index contributed by atoms with van der Waals surface area (Å²) in [6.07, 6.45) is 6.65. The van der Waals surface area contributed by atoms with E-state index in [0.717, 1.165) is 45.6 Å². The first-order valence-electron chi connectivity index (χ1n) is 13.1. The van der Waals surface area contributed by atoms with Crippen LogP contribution in [0.5, 0.6) is 0 Å². The number of hydrogen-bond acceptors (Lipinski definition) is 5. The Labute approximate surface area is 208 Å². The van der Waals surface area contributed by atoms with Gasteiger partial charge in [-0.25, -0.2) is 0 Å². The molecule has 0 aromatic carbocycles. The number of carbonyl (C=O) groups is 2. The van der Waals surface area contributed by atoms with Crippen LogP contribution in [0.4, 0.5) is 0 Å². The maximum Gasteiger partial charge on any atom is 0.278 e. The average molecular weight is 498 g/mol. The number of nitrogens with zero attached hydrogens (tertiary/aromatic N) is 2. The van der Waals surface area contributed by atoms with Crippen LogP contribution in [-0.2, 0) is 14.3 Å². The third-order valence-electron chi connectivity index (χ3n) is 7.98. The van der Waals surface area contributed by atoms with Crippen molar-refractivity contribution in [2.24, 2.45) is 0 Å². The quantitative estimate of drug-likeness (QED) is 0.176. The van der Waals surface area contributed by atoms with Gasteiger partial charge in [0.05, 0.1) is 32.3 Å². The van der Waals surface area contributed by atoms with Gasteiger partial charge in [0, 0.05) is 65.5 Å². The van der Waals surface area contributed by atoms with E-state index < -0.39 is 0 Å². The number of rotatable bonds is 8. The van der Waals surface area contributed by atoms with Crippen molar-refractivity contribution in [2.75, 3.05) is 66.1 Å².